The second-order valence-electron chi connectivity index (χ2n) is 5.83. The molecule has 1 aliphatic heterocycles. The van der Waals surface area contributed by atoms with Crippen LogP contribution in [0, 0.1) is 5.82 Å². The van der Waals surface area contributed by atoms with Crippen LogP contribution >= 0.6 is 11.8 Å². The Balaban J connectivity index is 1.81. The van der Waals surface area contributed by atoms with Crippen molar-refractivity contribution in [3.05, 3.63) is 58.7 Å². The molecule has 7 nitrogen and oxygen atoms in total. The molecule has 0 atom stereocenters. The molecular formula is C19H11FN2O5S. The monoisotopic (exact) mass is 398 g/mol. The number of carbonyl (C=O) groups excluding carboxylic acids is 3. The molecule has 0 saturated carbocycles. The van der Waals surface area contributed by atoms with Crippen molar-refractivity contribution >= 4 is 45.9 Å². The van der Waals surface area contributed by atoms with Crippen LogP contribution in [0.4, 0.5) is 9.18 Å². The predicted octanol–water partition coefficient (Wildman–Crippen LogP) is 3.74. The van der Waals surface area contributed by atoms with E-state index in [1.54, 1.807) is 12.3 Å². The molecule has 1 aliphatic rings. The molecule has 4 rings (SSSR count). The third kappa shape index (κ3) is 3.27. The third-order valence-corrected chi connectivity index (χ3v) is 4.80. The molecule has 1 N–H and O–H groups in total. The zero-order valence-corrected chi connectivity index (χ0v) is 15.1. The van der Waals surface area contributed by atoms with Gasteiger partial charge >= 0.3 is 5.97 Å². The summed E-state index contributed by atoms with van der Waals surface area (Å²) in [5.41, 5.74) is 1.31. The highest BCUT2D eigenvalue weighted by atomic mass is 32.2. The largest absolute Gasteiger partial charge is 0.465 e. The molecule has 0 spiro atoms. The van der Waals surface area contributed by atoms with E-state index >= 15 is 0 Å². The first kappa shape index (κ1) is 17.9. The number of nitrogens with one attached hydrogen (secondary N) is 1. The Morgan fingerprint density at radius 1 is 1.25 bits per heavy atom. The first-order valence-corrected chi connectivity index (χ1v) is 8.78. The minimum absolute atomic E-state index is 0.0564. The lowest BCUT2D eigenvalue weighted by atomic mass is 10.0. The van der Waals surface area contributed by atoms with Gasteiger partial charge in [0.2, 0.25) is 0 Å². The highest BCUT2D eigenvalue weighted by molar-refractivity contribution is 8.18. The van der Waals surface area contributed by atoms with Crippen LogP contribution in [0.3, 0.4) is 0 Å². The number of furan rings is 1. The number of aromatic nitrogens is 1. The van der Waals surface area contributed by atoms with Gasteiger partial charge in [0, 0.05) is 29.4 Å². The summed E-state index contributed by atoms with van der Waals surface area (Å²) in [6, 6.07) is 5.46. The number of carbonyl (C=O) groups is 3. The number of fused-ring (bicyclic) bond motifs is 1. The van der Waals surface area contributed by atoms with Crippen LogP contribution in [0.2, 0.25) is 0 Å². The summed E-state index contributed by atoms with van der Waals surface area (Å²) >= 11 is 0.774. The summed E-state index contributed by atoms with van der Waals surface area (Å²) < 4.78 is 24.5. The zero-order valence-electron chi connectivity index (χ0n) is 14.3. The number of hydrogen-bond donors (Lipinski definition) is 1. The fourth-order valence-electron chi connectivity index (χ4n) is 2.79. The number of ether oxygens (including phenoxy) is 1. The van der Waals surface area contributed by atoms with Crippen molar-refractivity contribution in [1.29, 1.82) is 0 Å². The number of halogens is 1. The maximum Gasteiger partial charge on any atom is 0.337 e. The Labute approximate surface area is 161 Å². The number of thioether (sulfide) groups is 1. The number of nitrogens with zero attached hydrogens (tertiary/aromatic N) is 1. The van der Waals surface area contributed by atoms with Gasteiger partial charge in [0.1, 0.15) is 17.2 Å². The van der Waals surface area contributed by atoms with E-state index in [2.05, 4.69) is 15.0 Å². The van der Waals surface area contributed by atoms with Gasteiger partial charge in [0.15, 0.2) is 0 Å². The average Bonchev–Trinajstić information content (AvgIpc) is 3.22. The van der Waals surface area contributed by atoms with Crippen molar-refractivity contribution in [3.8, 4) is 11.1 Å². The Kier molecular flexibility index (Phi) is 4.44. The van der Waals surface area contributed by atoms with Gasteiger partial charge in [-0.15, -0.1) is 0 Å². The normalized spacial score (nSPS) is 15.3. The van der Waals surface area contributed by atoms with E-state index in [-0.39, 0.29) is 10.5 Å². The van der Waals surface area contributed by atoms with Crippen molar-refractivity contribution in [2.24, 2.45) is 0 Å². The number of amides is 2. The lowest BCUT2D eigenvalue weighted by molar-refractivity contribution is -0.115. The summed E-state index contributed by atoms with van der Waals surface area (Å²) in [5.74, 6) is -1.44. The van der Waals surface area contributed by atoms with Crippen molar-refractivity contribution in [2.75, 3.05) is 7.11 Å². The van der Waals surface area contributed by atoms with Crippen LogP contribution in [0.1, 0.15) is 16.1 Å². The van der Waals surface area contributed by atoms with Gasteiger partial charge in [-0.1, -0.05) is 0 Å². The van der Waals surface area contributed by atoms with Gasteiger partial charge in [-0.05, 0) is 41.6 Å². The number of esters is 1. The van der Waals surface area contributed by atoms with Crippen LogP contribution in [-0.2, 0) is 9.53 Å². The van der Waals surface area contributed by atoms with Crippen LogP contribution in [0.5, 0.6) is 0 Å². The van der Waals surface area contributed by atoms with Gasteiger partial charge in [0.25, 0.3) is 11.1 Å². The molecular weight excluding hydrogens is 387 g/mol. The highest BCUT2D eigenvalue weighted by Crippen LogP contribution is 2.33. The Morgan fingerprint density at radius 3 is 2.79 bits per heavy atom. The molecule has 0 aliphatic carbocycles. The van der Waals surface area contributed by atoms with Crippen molar-refractivity contribution in [2.45, 2.75) is 0 Å². The number of rotatable bonds is 3. The number of hydrogen-bond acceptors (Lipinski definition) is 7. The SMILES string of the molecule is COC(=O)c1cc(F)cc(-c2cncc3cc(/C=C4\SC(=O)NC4=O)oc23)c1. The molecule has 1 fully saturated rings. The third-order valence-electron chi connectivity index (χ3n) is 3.99. The van der Waals surface area contributed by atoms with E-state index < -0.39 is 22.9 Å². The molecule has 9 heteroatoms. The molecule has 3 heterocycles. The van der Waals surface area contributed by atoms with Crippen molar-refractivity contribution in [3.63, 3.8) is 0 Å². The molecule has 0 unspecified atom stereocenters. The highest BCUT2D eigenvalue weighted by Gasteiger charge is 2.25. The summed E-state index contributed by atoms with van der Waals surface area (Å²) in [4.78, 5) is 39.1. The van der Waals surface area contributed by atoms with Gasteiger partial charge in [-0.2, -0.15) is 0 Å². The van der Waals surface area contributed by atoms with Crippen LogP contribution < -0.4 is 5.32 Å². The molecule has 140 valence electrons. The molecule has 28 heavy (non-hydrogen) atoms. The smallest absolute Gasteiger partial charge is 0.337 e. The zero-order chi connectivity index (χ0) is 19.8. The fraction of sp³-hybridized carbons (Fsp3) is 0.0526. The Bertz CT molecular complexity index is 1180. The molecule has 1 aromatic carbocycles. The van der Waals surface area contributed by atoms with Crippen LogP contribution in [0.25, 0.3) is 28.2 Å². The Hall–Kier alpha value is -3.46. The van der Waals surface area contributed by atoms with Crippen LogP contribution in [-0.4, -0.2) is 29.2 Å². The van der Waals surface area contributed by atoms with E-state index in [0.717, 1.165) is 17.8 Å². The fourth-order valence-corrected chi connectivity index (χ4v) is 3.45. The summed E-state index contributed by atoms with van der Waals surface area (Å²) in [5, 5.41) is 2.32. The Morgan fingerprint density at radius 2 is 2.07 bits per heavy atom. The topological polar surface area (TPSA) is 98.5 Å². The summed E-state index contributed by atoms with van der Waals surface area (Å²) in [7, 11) is 1.21. The van der Waals surface area contributed by atoms with Gasteiger partial charge < -0.3 is 9.15 Å². The second-order valence-corrected chi connectivity index (χ2v) is 6.84. The number of methoxy groups -OCH3 is 1. The average molecular weight is 398 g/mol. The number of pyridine rings is 1. The van der Waals surface area contributed by atoms with E-state index in [1.165, 1.54) is 31.5 Å². The molecule has 3 aromatic rings. The minimum Gasteiger partial charge on any atom is -0.465 e. The maximum atomic E-state index is 14.0. The number of benzene rings is 1. The maximum absolute atomic E-state index is 14.0. The van der Waals surface area contributed by atoms with Crippen molar-refractivity contribution in [1.82, 2.24) is 10.3 Å². The first-order chi connectivity index (χ1) is 13.4. The van der Waals surface area contributed by atoms with Crippen LogP contribution in [0.15, 0.2) is 46.0 Å². The standard InChI is InChI=1S/C19H11FN2O5S/c1-26-18(24)10-2-9(3-12(20)4-10)14-8-21-7-11-5-13(27-16(11)14)6-15-17(23)22-19(25)28-15/h2-8H,1H3,(H,22,23,25)/b15-6-. The predicted molar refractivity (Wildman–Crippen MR) is 99.8 cm³/mol. The molecule has 0 radical (unpaired) electrons. The van der Waals surface area contributed by atoms with E-state index in [9.17, 15) is 18.8 Å². The van der Waals surface area contributed by atoms with Crippen molar-refractivity contribution < 1.29 is 27.9 Å². The lowest BCUT2D eigenvalue weighted by Gasteiger charge is -2.05. The second kappa shape index (κ2) is 6.93. The molecule has 2 amide bonds. The molecule has 1 saturated heterocycles. The number of imide groups is 1. The quantitative estimate of drug-likeness (QED) is 0.530. The van der Waals surface area contributed by atoms with E-state index in [4.69, 9.17) is 4.42 Å². The molecule has 2 aromatic heterocycles. The molecule has 0 bridgehead atoms. The van der Waals surface area contributed by atoms with Gasteiger partial charge in [-0.25, -0.2) is 9.18 Å². The minimum atomic E-state index is -0.667. The summed E-state index contributed by atoms with van der Waals surface area (Å²) in [6.45, 7) is 0. The van der Waals surface area contributed by atoms with E-state index in [0.29, 0.717) is 27.9 Å². The van der Waals surface area contributed by atoms with Gasteiger partial charge in [0.05, 0.1) is 17.6 Å². The lowest BCUT2D eigenvalue weighted by Crippen LogP contribution is -2.17. The van der Waals surface area contributed by atoms with Gasteiger partial charge in [-0.3, -0.25) is 19.9 Å². The summed E-state index contributed by atoms with van der Waals surface area (Å²) in [6.07, 6.45) is 4.48. The van der Waals surface area contributed by atoms with E-state index in [1.807, 2.05) is 0 Å². The first-order valence-electron chi connectivity index (χ1n) is 7.96.